The van der Waals surface area contributed by atoms with Crippen molar-refractivity contribution in [1.82, 2.24) is 5.32 Å². The fourth-order valence-electron chi connectivity index (χ4n) is 1.90. The molecule has 22 heavy (non-hydrogen) atoms. The smallest absolute Gasteiger partial charge is 0.310 e. The lowest BCUT2D eigenvalue weighted by Gasteiger charge is -2.09. The Morgan fingerprint density at radius 2 is 1.73 bits per heavy atom. The van der Waals surface area contributed by atoms with E-state index in [1.54, 1.807) is 18.2 Å². The molecule has 7 heteroatoms. The molecule has 7 nitrogen and oxygen atoms in total. The highest BCUT2D eigenvalue weighted by atomic mass is 16.5. The van der Waals surface area contributed by atoms with Gasteiger partial charge in [0.2, 0.25) is 0 Å². The van der Waals surface area contributed by atoms with Crippen LogP contribution in [0.15, 0.2) is 29.8 Å². The summed E-state index contributed by atoms with van der Waals surface area (Å²) in [5.41, 5.74) is 0.781. The molecule has 1 N–H and O–H groups in total. The van der Waals surface area contributed by atoms with Gasteiger partial charge in [-0.1, -0.05) is 0 Å². The van der Waals surface area contributed by atoms with Gasteiger partial charge < -0.3 is 14.2 Å². The molecule has 0 bridgehead atoms. The molecule has 2 amide bonds. The summed E-state index contributed by atoms with van der Waals surface area (Å²) < 4.78 is 15.3. The zero-order valence-electron chi connectivity index (χ0n) is 12.2. The quantitative estimate of drug-likeness (QED) is 0.615. The van der Waals surface area contributed by atoms with Gasteiger partial charge in [-0.05, 0) is 17.7 Å². The third-order valence-electron chi connectivity index (χ3n) is 2.98. The van der Waals surface area contributed by atoms with Gasteiger partial charge in [-0.3, -0.25) is 19.7 Å². The molecule has 1 aliphatic heterocycles. The Morgan fingerprint density at radius 3 is 2.23 bits per heavy atom. The molecule has 2 rings (SSSR count). The molecule has 0 spiro atoms. The molecule has 0 atom stereocenters. The van der Waals surface area contributed by atoms with Crippen molar-refractivity contribution in [3.05, 3.63) is 35.4 Å². The molecular weight excluding hydrogens is 290 g/mol. The van der Waals surface area contributed by atoms with Gasteiger partial charge in [-0.15, -0.1) is 0 Å². The zero-order chi connectivity index (χ0) is 16.1. The van der Waals surface area contributed by atoms with Gasteiger partial charge >= 0.3 is 5.97 Å². The van der Waals surface area contributed by atoms with Gasteiger partial charge in [0.1, 0.15) is 18.1 Å². The van der Waals surface area contributed by atoms with Crippen LogP contribution in [0.1, 0.15) is 12.0 Å². The van der Waals surface area contributed by atoms with Gasteiger partial charge in [0, 0.05) is 17.7 Å². The van der Waals surface area contributed by atoms with Crippen LogP contribution in [0.2, 0.25) is 0 Å². The number of benzene rings is 1. The summed E-state index contributed by atoms with van der Waals surface area (Å²) in [7, 11) is 3.04. The lowest BCUT2D eigenvalue weighted by molar-refractivity contribution is -0.144. The van der Waals surface area contributed by atoms with Crippen LogP contribution in [-0.2, 0) is 25.7 Å². The monoisotopic (exact) mass is 305 g/mol. The number of nitrogens with one attached hydrogen (secondary N) is 1. The first-order valence-corrected chi connectivity index (χ1v) is 6.45. The predicted molar refractivity (Wildman–Crippen MR) is 75.2 cm³/mol. The van der Waals surface area contributed by atoms with Crippen LogP contribution in [0.4, 0.5) is 0 Å². The van der Waals surface area contributed by atoms with Crippen molar-refractivity contribution in [3.8, 4) is 11.5 Å². The Morgan fingerprint density at radius 1 is 1.09 bits per heavy atom. The fourth-order valence-corrected chi connectivity index (χ4v) is 1.90. The summed E-state index contributed by atoms with van der Waals surface area (Å²) >= 11 is 0. The molecule has 116 valence electrons. The highest BCUT2D eigenvalue weighted by Crippen LogP contribution is 2.23. The minimum absolute atomic E-state index is 0.00917. The number of amides is 2. The van der Waals surface area contributed by atoms with E-state index in [-0.39, 0.29) is 18.6 Å². The molecule has 0 saturated carbocycles. The minimum Gasteiger partial charge on any atom is -0.497 e. The van der Waals surface area contributed by atoms with Crippen LogP contribution < -0.4 is 14.8 Å². The topological polar surface area (TPSA) is 90.9 Å². The highest BCUT2D eigenvalue weighted by molar-refractivity contribution is 6.17. The van der Waals surface area contributed by atoms with E-state index in [4.69, 9.17) is 14.2 Å². The number of esters is 1. The Labute approximate surface area is 126 Å². The maximum Gasteiger partial charge on any atom is 0.310 e. The number of hydrogen-bond acceptors (Lipinski definition) is 6. The van der Waals surface area contributed by atoms with Crippen LogP contribution >= 0.6 is 0 Å². The lowest BCUT2D eigenvalue weighted by atomic mass is 10.2. The summed E-state index contributed by atoms with van der Waals surface area (Å²) in [4.78, 5) is 34.0. The molecule has 0 saturated heterocycles. The Balaban J connectivity index is 1.95. The number of carbonyl (C=O) groups is 3. The third-order valence-corrected chi connectivity index (χ3v) is 2.98. The first-order valence-electron chi connectivity index (χ1n) is 6.45. The summed E-state index contributed by atoms with van der Waals surface area (Å²) in [6.07, 6.45) is 0.844. The van der Waals surface area contributed by atoms with E-state index >= 15 is 0 Å². The van der Waals surface area contributed by atoms with Crippen molar-refractivity contribution in [2.45, 2.75) is 13.0 Å². The number of hydrogen-bond donors (Lipinski definition) is 1. The molecular formula is C15H15NO6. The van der Waals surface area contributed by atoms with Gasteiger partial charge in [-0.2, -0.15) is 0 Å². The van der Waals surface area contributed by atoms with E-state index in [2.05, 4.69) is 5.32 Å². The van der Waals surface area contributed by atoms with Crippen molar-refractivity contribution in [2.75, 3.05) is 14.2 Å². The number of imide groups is 1. The van der Waals surface area contributed by atoms with Gasteiger partial charge in [-0.25, -0.2) is 0 Å². The van der Waals surface area contributed by atoms with Crippen LogP contribution in [0.3, 0.4) is 0 Å². The van der Waals surface area contributed by atoms with E-state index in [9.17, 15) is 14.4 Å². The number of carbonyl (C=O) groups excluding carboxylic acids is 3. The Bertz CT molecular complexity index is 627. The van der Waals surface area contributed by atoms with Crippen LogP contribution in [0, 0.1) is 0 Å². The van der Waals surface area contributed by atoms with Crippen molar-refractivity contribution in [2.24, 2.45) is 0 Å². The van der Waals surface area contributed by atoms with E-state index in [1.165, 1.54) is 14.2 Å². The maximum atomic E-state index is 11.7. The second-order valence-electron chi connectivity index (χ2n) is 4.55. The molecule has 1 aliphatic rings. The van der Waals surface area contributed by atoms with E-state index in [0.29, 0.717) is 17.1 Å². The highest BCUT2D eigenvalue weighted by Gasteiger charge is 2.23. The van der Waals surface area contributed by atoms with Crippen molar-refractivity contribution in [3.63, 3.8) is 0 Å². The molecule has 0 unspecified atom stereocenters. The van der Waals surface area contributed by atoms with E-state index in [1.807, 2.05) is 0 Å². The number of ether oxygens (including phenoxy) is 3. The summed E-state index contributed by atoms with van der Waals surface area (Å²) in [5.74, 6) is -0.532. The van der Waals surface area contributed by atoms with E-state index in [0.717, 1.165) is 6.08 Å². The minimum atomic E-state index is -0.599. The molecule has 1 aromatic carbocycles. The molecule has 0 aromatic heterocycles. The second kappa shape index (κ2) is 6.75. The van der Waals surface area contributed by atoms with Crippen molar-refractivity contribution >= 4 is 17.8 Å². The van der Waals surface area contributed by atoms with Gasteiger partial charge in [0.25, 0.3) is 11.8 Å². The summed E-state index contributed by atoms with van der Waals surface area (Å²) in [6, 6.07) is 5.12. The zero-order valence-corrected chi connectivity index (χ0v) is 12.2. The van der Waals surface area contributed by atoms with Gasteiger partial charge in [0.15, 0.2) is 0 Å². The molecule has 0 fully saturated rings. The normalized spacial score (nSPS) is 13.5. The third kappa shape index (κ3) is 3.85. The number of rotatable bonds is 6. The fraction of sp³-hybridized carbons (Fsp3) is 0.267. The van der Waals surface area contributed by atoms with Crippen LogP contribution in [0.25, 0.3) is 0 Å². The molecule has 1 aromatic rings. The molecule has 0 aliphatic carbocycles. The maximum absolute atomic E-state index is 11.7. The van der Waals surface area contributed by atoms with E-state index < -0.39 is 17.8 Å². The van der Waals surface area contributed by atoms with Crippen molar-refractivity contribution < 1.29 is 28.6 Å². The second-order valence-corrected chi connectivity index (χ2v) is 4.55. The predicted octanol–water partition coefficient (Wildman–Crippen LogP) is 0.720. The van der Waals surface area contributed by atoms with Crippen LogP contribution in [-0.4, -0.2) is 32.0 Å². The van der Waals surface area contributed by atoms with Crippen molar-refractivity contribution in [1.29, 1.82) is 0 Å². The first-order chi connectivity index (χ1) is 10.5. The van der Waals surface area contributed by atoms with Crippen LogP contribution in [0.5, 0.6) is 11.5 Å². The van der Waals surface area contributed by atoms with Gasteiger partial charge in [0.05, 0.1) is 20.6 Å². The first kappa shape index (κ1) is 15.6. The molecule has 0 radical (unpaired) electrons. The standard InChI is InChI=1S/C15H15NO6/c1-20-11-3-9(4-12(7-11)21-2)8-22-14(18)6-10-5-13(17)16-15(10)19/h3-5,7H,6,8H2,1-2H3,(H,16,17,19). The summed E-state index contributed by atoms with van der Waals surface area (Å²) in [6.45, 7) is 0.00917. The Kier molecular flexibility index (Phi) is 4.77. The SMILES string of the molecule is COc1cc(COC(=O)CC2=CC(=O)NC2=O)cc(OC)c1. The molecule has 1 heterocycles. The average Bonchev–Trinajstić information content (AvgIpc) is 2.82. The number of methoxy groups -OCH3 is 2. The lowest BCUT2D eigenvalue weighted by Crippen LogP contribution is -2.23. The summed E-state index contributed by atoms with van der Waals surface area (Å²) in [5, 5.41) is 2.06. The largest absolute Gasteiger partial charge is 0.497 e. The average molecular weight is 305 g/mol. The Hall–Kier alpha value is -2.83.